The summed E-state index contributed by atoms with van der Waals surface area (Å²) in [6.45, 7) is 6.30. The van der Waals surface area contributed by atoms with Gasteiger partial charge in [0.05, 0.1) is 22.2 Å². The lowest BCUT2D eigenvalue weighted by atomic mass is 10.1. The summed E-state index contributed by atoms with van der Waals surface area (Å²) >= 11 is 2.16. The quantitative estimate of drug-likeness (QED) is 0.164. The van der Waals surface area contributed by atoms with E-state index in [4.69, 9.17) is 14.2 Å². The van der Waals surface area contributed by atoms with Crippen LogP contribution >= 0.6 is 22.6 Å². The summed E-state index contributed by atoms with van der Waals surface area (Å²) in [6, 6.07) is 8.07. The number of carbonyl (C=O) groups is 1. The number of benzene rings is 2. The fraction of sp³-hybridized carbons (Fsp3) is 0.273. The topological polar surface area (TPSA) is 100 Å². The lowest BCUT2D eigenvalue weighted by Crippen LogP contribution is -2.07. The molecule has 8 nitrogen and oxygen atoms in total. The van der Waals surface area contributed by atoms with Gasteiger partial charge >= 0.3 is 5.97 Å². The Morgan fingerprint density at radius 2 is 2.03 bits per heavy atom. The maximum atomic E-state index is 12.3. The first-order chi connectivity index (χ1) is 14.7. The molecule has 0 amide bonds. The number of nitro benzene ring substituents is 1. The van der Waals surface area contributed by atoms with Crippen LogP contribution in [0.2, 0.25) is 0 Å². The van der Waals surface area contributed by atoms with Gasteiger partial charge in [0.25, 0.3) is 5.69 Å². The van der Waals surface area contributed by atoms with Gasteiger partial charge < -0.3 is 14.2 Å². The number of methoxy groups -OCH3 is 1. The van der Waals surface area contributed by atoms with E-state index in [1.165, 1.54) is 12.1 Å². The van der Waals surface area contributed by atoms with Gasteiger partial charge in [-0.05, 0) is 71.3 Å². The summed E-state index contributed by atoms with van der Waals surface area (Å²) in [5.74, 6) is 1.08. The predicted octanol–water partition coefficient (Wildman–Crippen LogP) is 4.90. The highest BCUT2D eigenvalue weighted by molar-refractivity contribution is 14.1. The highest BCUT2D eigenvalue weighted by atomic mass is 127. The maximum absolute atomic E-state index is 12.3. The van der Waals surface area contributed by atoms with Gasteiger partial charge in [-0.25, -0.2) is 9.79 Å². The molecular formula is C22H21IN2O6. The first-order valence-corrected chi connectivity index (χ1v) is 10.6. The Labute approximate surface area is 193 Å². The van der Waals surface area contributed by atoms with E-state index in [9.17, 15) is 14.9 Å². The number of hydrogen-bond donors (Lipinski definition) is 0. The molecule has 0 atom stereocenters. The summed E-state index contributed by atoms with van der Waals surface area (Å²) < 4.78 is 17.4. The van der Waals surface area contributed by atoms with Crippen LogP contribution in [0.1, 0.15) is 30.5 Å². The number of aliphatic imine (C=N–C) groups is 1. The molecule has 0 spiro atoms. The smallest absolute Gasteiger partial charge is 0.363 e. The number of ether oxygens (including phenoxy) is 3. The molecule has 2 aromatic carbocycles. The number of halogens is 1. The van der Waals surface area contributed by atoms with E-state index in [-0.39, 0.29) is 17.3 Å². The normalized spacial score (nSPS) is 14.6. The van der Waals surface area contributed by atoms with Crippen LogP contribution in [0, 0.1) is 26.5 Å². The van der Waals surface area contributed by atoms with Crippen molar-refractivity contribution in [2.24, 2.45) is 10.9 Å². The van der Waals surface area contributed by atoms with Crippen LogP contribution in [0.15, 0.2) is 41.0 Å². The van der Waals surface area contributed by atoms with Gasteiger partial charge in [-0.3, -0.25) is 10.1 Å². The third kappa shape index (κ3) is 5.22. The van der Waals surface area contributed by atoms with E-state index in [1.54, 1.807) is 32.2 Å². The monoisotopic (exact) mass is 536 g/mol. The first kappa shape index (κ1) is 22.7. The van der Waals surface area contributed by atoms with Crippen molar-refractivity contribution in [1.29, 1.82) is 0 Å². The molecule has 0 fully saturated rings. The average Bonchev–Trinajstić information content (AvgIpc) is 3.06. The summed E-state index contributed by atoms with van der Waals surface area (Å²) in [5, 5.41) is 11.0. The van der Waals surface area contributed by atoms with Crippen molar-refractivity contribution < 1.29 is 23.9 Å². The molecule has 0 aromatic heterocycles. The Morgan fingerprint density at radius 3 is 2.65 bits per heavy atom. The number of nitro groups is 1. The Kier molecular flexibility index (Phi) is 6.94. The van der Waals surface area contributed by atoms with Crippen LogP contribution in [-0.4, -0.2) is 30.5 Å². The molecule has 0 N–H and O–H groups in total. The molecule has 31 heavy (non-hydrogen) atoms. The lowest BCUT2D eigenvalue weighted by Gasteiger charge is -2.15. The minimum atomic E-state index is -0.597. The summed E-state index contributed by atoms with van der Waals surface area (Å²) in [5.41, 5.74) is 1.76. The average molecular weight is 536 g/mol. The zero-order valence-corrected chi connectivity index (χ0v) is 19.6. The summed E-state index contributed by atoms with van der Waals surface area (Å²) in [4.78, 5) is 27.2. The minimum absolute atomic E-state index is 0.00844. The fourth-order valence-corrected chi connectivity index (χ4v) is 3.68. The number of hydrogen-bond acceptors (Lipinski definition) is 7. The van der Waals surface area contributed by atoms with Crippen molar-refractivity contribution in [2.75, 3.05) is 13.7 Å². The van der Waals surface area contributed by atoms with Gasteiger partial charge in [0.2, 0.25) is 5.90 Å². The molecule has 0 saturated heterocycles. The molecule has 1 aliphatic rings. The zero-order valence-electron chi connectivity index (χ0n) is 17.5. The van der Waals surface area contributed by atoms with Crippen molar-refractivity contribution >= 4 is 46.2 Å². The Hall–Kier alpha value is -2.95. The van der Waals surface area contributed by atoms with Crippen LogP contribution in [0.25, 0.3) is 6.08 Å². The molecule has 0 aliphatic carbocycles. The van der Waals surface area contributed by atoms with E-state index >= 15 is 0 Å². The van der Waals surface area contributed by atoms with E-state index in [0.29, 0.717) is 40.7 Å². The zero-order chi connectivity index (χ0) is 22.7. The Morgan fingerprint density at radius 1 is 1.29 bits per heavy atom. The van der Waals surface area contributed by atoms with Crippen LogP contribution in [0.3, 0.4) is 0 Å². The molecule has 9 heteroatoms. The Balaban J connectivity index is 1.92. The predicted molar refractivity (Wildman–Crippen MR) is 124 cm³/mol. The van der Waals surface area contributed by atoms with Crippen LogP contribution in [-0.2, 0) is 9.53 Å². The third-order valence-corrected chi connectivity index (χ3v) is 5.18. The van der Waals surface area contributed by atoms with E-state index in [2.05, 4.69) is 41.4 Å². The van der Waals surface area contributed by atoms with Gasteiger partial charge in [0, 0.05) is 17.2 Å². The maximum Gasteiger partial charge on any atom is 0.363 e. The van der Waals surface area contributed by atoms with Crippen molar-refractivity contribution in [1.82, 2.24) is 0 Å². The second-order valence-electron chi connectivity index (χ2n) is 7.33. The van der Waals surface area contributed by atoms with Crippen molar-refractivity contribution in [2.45, 2.75) is 20.8 Å². The van der Waals surface area contributed by atoms with Gasteiger partial charge in [-0.2, -0.15) is 0 Å². The molecule has 162 valence electrons. The minimum Gasteiger partial charge on any atom is -0.493 e. The second kappa shape index (κ2) is 9.46. The molecule has 0 radical (unpaired) electrons. The SMILES string of the molecule is COc1cc(/C=C2\N=C(c3ccc([N+](=O)[O-])c(C)c3)OC2=O)cc(I)c1OCC(C)C. The third-order valence-electron chi connectivity index (χ3n) is 4.38. The number of rotatable bonds is 7. The molecule has 1 heterocycles. The van der Waals surface area contributed by atoms with Gasteiger partial charge in [0.1, 0.15) is 0 Å². The standard InChI is InChI=1S/C22H21IN2O6/c1-12(2)11-30-20-16(23)8-14(10-19(20)29-4)9-17-22(26)31-21(24-17)15-5-6-18(25(27)28)13(3)7-15/h5-10,12H,11H2,1-4H3/b17-9-. The van der Waals surface area contributed by atoms with Crippen molar-refractivity contribution in [3.63, 3.8) is 0 Å². The van der Waals surface area contributed by atoms with E-state index < -0.39 is 10.9 Å². The fourth-order valence-electron chi connectivity index (χ4n) is 2.90. The lowest BCUT2D eigenvalue weighted by molar-refractivity contribution is -0.385. The Bertz CT molecular complexity index is 1110. The number of cyclic esters (lactones) is 1. The number of nitrogens with zero attached hydrogens (tertiary/aromatic N) is 2. The second-order valence-corrected chi connectivity index (χ2v) is 8.50. The van der Waals surface area contributed by atoms with Crippen molar-refractivity contribution in [3.8, 4) is 11.5 Å². The molecule has 2 aromatic rings. The first-order valence-electron chi connectivity index (χ1n) is 9.48. The molecular weight excluding hydrogens is 515 g/mol. The van der Waals surface area contributed by atoms with Gasteiger partial charge in [-0.15, -0.1) is 0 Å². The van der Waals surface area contributed by atoms with Crippen LogP contribution < -0.4 is 9.47 Å². The van der Waals surface area contributed by atoms with Gasteiger partial charge in [0.15, 0.2) is 17.2 Å². The van der Waals surface area contributed by atoms with E-state index in [0.717, 1.165) is 3.57 Å². The van der Waals surface area contributed by atoms with Gasteiger partial charge in [-0.1, -0.05) is 13.8 Å². The highest BCUT2D eigenvalue weighted by Gasteiger charge is 2.25. The largest absolute Gasteiger partial charge is 0.493 e. The summed E-state index contributed by atoms with van der Waals surface area (Å²) in [6.07, 6.45) is 1.60. The number of aryl methyl sites for hydroxylation is 1. The molecule has 3 rings (SSSR count). The molecule has 0 bridgehead atoms. The summed E-state index contributed by atoms with van der Waals surface area (Å²) in [7, 11) is 1.56. The highest BCUT2D eigenvalue weighted by Crippen LogP contribution is 2.35. The van der Waals surface area contributed by atoms with Crippen LogP contribution in [0.4, 0.5) is 5.69 Å². The van der Waals surface area contributed by atoms with Crippen LogP contribution in [0.5, 0.6) is 11.5 Å². The molecule has 0 unspecified atom stereocenters. The molecule has 0 saturated carbocycles. The van der Waals surface area contributed by atoms with Crippen molar-refractivity contribution in [3.05, 3.63) is 66.4 Å². The number of carbonyl (C=O) groups excluding carboxylic acids is 1. The van der Waals surface area contributed by atoms with E-state index in [1.807, 2.05) is 6.07 Å². The molecule has 1 aliphatic heterocycles. The number of esters is 1.